The topological polar surface area (TPSA) is 26.0 Å². The molecule has 0 bridgehead atoms. The Balaban J connectivity index is 2.22. The van der Waals surface area contributed by atoms with Gasteiger partial charge < -0.3 is 5.73 Å². The zero-order chi connectivity index (χ0) is 13.8. The molecule has 0 heterocycles. The van der Waals surface area contributed by atoms with E-state index in [0.717, 1.165) is 0 Å². The Labute approximate surface area is 116 Å². The third kappa shape index (κ3) is 3.24. The zero-order valence-corrected chi connectivity index (χ0v) is 12.1. The molecule has 0 aliphatic rings. The molecule has 2 aromatic rings. The van der Waals surface area contributed by atoms with E-state index < -0.39 is 0 Å². The van der Waals surface area contributed by atoms with Crippen LogP contribution >= 0.6 is 0 Å². The molecule has 2 N–H and O–H groups in total. The molecule has 2 aromatic carbocycles. The van der Waals surface area contributed by atoms with E-state index in [2.05, 4.69) is 62.4 Å². The van der Waals surface area contributed by atoms with Crippen molar-refractivity contribution in [2.24, 2.45) is 5.73 Å². The summed E-state index contributed by atoms with van der Waals surface area (Å²) in [7, 11) is 0. The molecule has 2 rings (SSSR count). The molecular weight excluding hydrogens is 230 g/mol. The van der Waals surface area contributed by atoms with Crippen molar-refractivity contribution in [3.63, 3.8) is 0 Å². The van der Waals surface area contributed by atoms with Gasteiger partial charge in [0.2, 0.25) is 0 Å². The van der Waals surface area contributed by atoms with Crippen LogP contribution in [0.1, 0.15) is 50.3 Å². The number of nitrogens with two attached hydrogens (primary N) is 1. The van der Waals surface area contributed by atoms with Gasteiger partial charge in [-0.2, -0.15) is 0 Å². The molecule has 1 nitrogen and oxygen atoms in total. The number of hydrogen-bond acceptors (Lipinski definition) is 1. The highest BCUT2D eigenvalue weighted by molar-refractivity contribution is 5.64. The molecule has 0 aliphatic heterocycles. The van der Waals surface area contributed by atoms with E-state index in [0.29, 0.717) is 5.92 Å². The molecule has 0 saturated heterocycles. The standard InChI is InChI=1S/C18H23N/c1-4-13(2)15-5-9-17(10-6-15)18-11-7-16(8-12-18)14(3)19/h5-14H,4,19H2,1-3H3. The summed E-state index contributed by atoms with van der Waals surface area (Å²) in [5, 5.41) is 0. The van der Waals surface area contributed by atoms with Gasteiger partial charge in [0.15, 0.2) is 0 Å². The Morgan fingerprint density at radius 2 is 1.21 bits per heavy atom. The largest absolute Gasteiger partial charge is 0.324 e. The first-order valence-corrected chi connectivity index (χ1v) is 7.07. The Kier molecular flexibility index (Phi) is 4.39. The fourth-order valence-electron chi connectivity index (χ4n) is 2.22. The lowest BCUT2D eigenvalue weighted by molar-refractivity contribution is 0.734. The molecule has 0 aliphatic carbocycles. The van der Waals surface area contributed by atoms with Crippen LogP contribution in [0.4, 0.5) is 0 Å². The highest BCUT2D eigenvalue weighted by Gasteiger charge is 2.04. The Morgan fingerprint density at radius 1 is 0.789 bits per heavy atom. The summed E-state index contributed by atoms with van der Waals surface area (Å²) in [6, 6.07) is 17.5. The van der Waals surface area contributed by atoms with Crippen molar-refractivity contribution < 1.29 is 0 Å². The fraction of sp³-hybridized carbons (Fsp3) is 0.333. The first kappa shape index (κ1) is 13.8. The van der Waals surface area contributed by atoms with Crippen LogP contribution in [0.3, 0.4) is 0 Å². The maximum atomic E-state index is 5.87. The average molecular weight is 253 g/mol. The lowest BCUT2D eigenvalue weighted by atomic mass is 9.95. The smallest absolute Gasteiger partial charge is 0.0266 e. The second-order valence-corrected chi connectivity index (χ2v) is 5.34. The molecule has 0 spiro atoms. The maximum absolute atomic E-state index is 5.87. The van der Waals surface area contributed by atoms with Crippen molar-refractivity contribution in [2.75, 3.05) is 0 Å². The third-order valence-corrected chi connectivity index (χ3v) is 3.86. The second kappa shape index (κ2) is 6.03. The van der Waals surface area contributed by atoms with Gasteiger partial charge in [-0.1, -0.05) is 62.4 Å². The lowest BCUT2D eigenvalue weighted by Crippen LogP contribution is -2.04. The van der Waals surface area contributed by atoms with Gasteiger partial charge in [-0.25, -0.2) is 0 Å². The Hall–Kier alpha value is -1.60. The van der Waals surface area contributed by atoms with Crippen LogP contribution in [0.15, 0.2) is 48.5 Å². The minimum atomic E-state index is 0.0989. The van der Waals surface area contributed by atoms with Crippen LogP contribution in [0.5, 0.6) is 0 Å². The summed E-state index contributed by atoms with van der Waals surface area (Å²) in [6.45, 7) is 6.51. The van der Waals surface area contributed by atoms with E-state index in [1.807, 2.05) is 6.92 Å². The van der Waals surface area contributed by atoms with Crippen molar-refractivity contribution in [1.82, 2.24) is 0 Å². The predicted molar refractivity (Wildman–Crippen MR) is 83.2 cm³/mol. The monoisotopic (exact) mass is 253 g/mol. The summed E-state index contributed by atoms with van der Waals surface area (Å²) in [4.78, 5) is 0. The molecule has 0 saturated carbocycles. The van der Waals surface area contributed by atoms with Crippen LogP contribution in [0, 0.1) is 0 Å². The van der Waals surface area contributed by atoms with Crippen molar-refractivity contribution >= 4 is 0 Å². The summed E-state index contributed by atoms with van der Waals surface area (Å²) in [5.74, 6) is 0.634. The van der Waals surface area contributed by atoms with Gasteiger partial charge in [0, 0.05) is 6.04 Å². The number of rotatable bonds is 4. The number of hydrogen-bond donors (Lipinski definition) is 1. The number of benzene rings is 2. The van der Waals surface area contributed by atoms with Gasteiger partial charge in [-0.15, -0.1) is 0 Å². The van der Waals surface area contributed by atoms with Gasteiger partial charge in [-0.3, -0.25) is 0 Å². The summed E-state index contributed by atoms with van der Waals surface area (Å²) >= 11 is 0. The molecule has 19 heavy (non-hydrogen) atoms. The van der Waals surface area contributed by atoms with Gasteiger partial charge >= 0.3 is 0 Å². The Morgan fingerprint density at radius 3 is 1.58 bits per heavy atom. The van der Waals surface area contributed by atoms with Crippen LogP contribution in [-0.4, -0.2) is 0 Å². The van der Waals surface area contributed by atoms with E-state index in [9.17, 15) is 0 Å². The zero-order valence-electron chi connectivity index (χ0n) is 12.1. The molecule has 0 aromatic heterocycles. The highest BCUT2D eigenvalue weighted by Crippen LogP contribution is 2.25. The summed E-state index contributed by atoms with van der Waals surface area (Å²) in [5.41, 5.74) is 11.0. The van der Waals surface area contributed by atoms with Gasteiger partial charge in [0.05, 0.1) is 0 Å². The van der Waals surface area contributed by atoms with Crippen LogP contribution in [0.25, 0.3) is 11.1 Å². The Bertz CT molecular complexity index is 508. The molecular formula is C18H23N. The van der Waals surface area contributed by atoms with Crippen molar-refractivity contribution in [3.8, 4) is 11.1 Å². The van der Waals surface area contributed by atoms with Crippen LogP contribution in [-0.2, 0) is 0 Å². The third-order valence-electron chi connectivity index (χ3n) is 3.86. The van der Waals surface area contributed by atoms with Crippen LogP contribution < -0.4 is 5.73 Å². The highest BCUT2D eigenvalue weighted by atomic mass is 14.6. The minimum absolute atomic E-state index is 0.0989. The van der Waals surface area contributed by atoms with Crippen molar-refractivity contribution in [2.45, 2.75) is 39.2 Å². The van der Waals surface area contributed by atoms with Gasteiger partial charge in [0.25, 0.3) is 0 Å². The van der Waals surface area contributed by atoms with Gasteiger partial charge in [0.1, 0.15) is 0 Å². The molecule has 1 heteroatoms. The van der Waals surface area contributed by atoms with Crippen molar-refractivity contribution in [1.29, 1.82) is 0 Å². The average Bonchev–Trinajstić information content (AvgIpc) is 2.46. The molecule has 2 unspecified atom stereocenters. The van der Waals surface area contributed by atoms with E-state index in [1.54, 1.807) is 0 Å². The lowest BCUT2D eigenvalue weighted by Gasteiger charge is -2.11. The van der Waals surface area contributed by atoms with E-state index in [1.165, 1.54) is 28.7 Å². The van der Waals surface area contributed by atoms with Gasteiger partial charge in [-0.05, 0) is 41.5 Å². The normalized spacial score (nSPS) is 14.1. The predicted octanol–water partition coefficient (Wildman–Crippen LogP) is 4.89. The van der Waals surface area contributed by atoms with E-state index in [4.69, 9.17) is 5.73 Å². The van der Waals surface area contributed by atoms with Crippen molar-refractivity contribution in [3.05, 3.63) is 59.7 Å². The first-order valence-electron chi connectivity index (χ1n) is 7.07. The van der Waals surface area contributed by atoms with Crippen LogP contribution in [0.2, 0.25) is 0 Å². The maximum Gasteiger partial charge on any atom is 0.0266 e. The molecule has 0 amide bonds. The second-order valence-electron chi connectivity index (χ2n) is 5.34. The molecule has 100 valence electrons. The minimum Gasteiger partial charge on any atom is -0.324 e. The first-order chi connectivity index (χ1) is 9.11. The summed E-state index contributed by atoms with van der Waals surface area (Å²) < 4.78 is 0. The van der Waals surface area contributed by atoms with E-state index >= 15 is 0 Å². The quantitative estimate of drug-likeness (QED) is 0.825. The molecule has 0 radical (unpaired) electrons. The fourth-order valence-corrected chi connectivity index (χ4v) is 2.22. The SMILES string of the molecule is CCC(C)c1ccc(-c2ccc(C(C)N)cc2)cc1. The molecule has 0 fully saturated rings. The van der Waals surface area contributed by atoms with E-state index in [-0.39, 0.29) is 6.04 Å². The summed E-state index contributed by atoms with van der Waals surface area (Å²) in [6.07, 6.45) is 1.18. The molecule has 2 atom stereocenters.